The minimum absolute atomic E-state index is 0.0575. The summed E-state index contributed by atoms with van der Waals surface area (Å²) in [6, 6.07) is 8.23. The SMILES string of the molecule is COc1cc2c(CCc3ccc([N+](=O)[O-])cc3)nc(N)nc2c(OC)c1OC. The second kappa shape index (κ2) is 7.95. The number of anilines is 1. The van der Waals surface area contributed by atoms with Crippen molar-refractivity contribution < 1.29 is 19.1 Å². The van der Waals surface area contributed by atoms with Crippen LogP contribution in [0.25, 0.3) is 10.9 Å². The Kier molecular flexibility index (Phi) is 5.44. The highest BCUT2D eigenvalue weighted by Gasteiger charge is 2.20. The van der Waals surface area contributed by atoms with Gasteiger partial charge in [0.05, 0.1) is 31.9 Å². The van der Waals surface area contributed by atoms with E-state index in [1.54, 1.807) is 18.2 Å². The first-order valence-corrected chi connectivity index (χ1v) is 8.46. The fourth-order valence-electron chi connectivity index (χ4n) is 3.05. The third-order valence-electron chi connectivity index (χ3n) is 4.39. The highest BCUT2D eigenvalue weighted by molar-refractivity contribution is 5.92. The molecule has 0 aliphatic carbocycles. The summed E-state index contributed by atoms with van der Waals surface area (Å²) < 4.78 is 16.3. The number of nitrogen functional groups attached to an aromatic ring is 1. The molecule has 2 N–H and O–H groups in total. The molecule has 1 heterocycles. The maximum Gasteiger partial charge on any atom is 0.269 e. The molecule has 1 aromatic heterocycles. The average Bonchev–Trinajstić information content (AvgIpc) is 2.70. The third-order valence-corrected chi connectivity index (χ3v) is 4.39. The molecule has 0 aliphatic rings. The van der Waals surface area contributed by atoms with Crippen LogP contribution in [-0.2, 0) is 12.8 Å². The van der Waals surface area contributed by atoms with E-state index in [0.717, 1.165) is 16.6 Å². The Morgan fingerprint density at radius 2 is 1.68 bits per heavy atom. The second-order valence-corrected chi connectivity index (χ2v) is 5.99. The van der Waals surface area contributed by atoms with E-state index in [4.69, 9.17) is 19.9 Å². The van der Waals surface area contributed by atoms with Crippen LogP contribution < -0.4 is 19.9 Å². The first-order valence-electron chi connectivity index (χ1n) is 8.46. The van der Waals surface area contributed by atoms with Gasteiger partial charge in [0.15, 0.2) is 11.5 Å². The van der Waals surface area contributed by atoms with E-state index >= 15 is 0 Å². The Labute approximate surface area is 161 Å². The first-order chi connectivity index (χ1) is 13.5. The van der Waals surface area contributed by atoms with Crippen LogP contribution in [0.1, 0.15) is 11.3 Å². The van der Waals surface area contributed by atoms with Crippen molar-refractivity contribution in [3.05, 3.63) is 51.7 Å². The van der Waals surface area contributed by atoms with Crippen molar-refractivity contribution >= 4 is 22.5 Å². The molecule has 0 fully saturated rings. The number of hydrogen-bond donors (Lipinski definition) is 1. The zero-order chi connectivity index (χ0) is 20.3. The van der Waals surface area contributed by atoms with E-state index in [-0.39, 0.29) is 11.6 Å². The van der Waals surface area contributed by atoms with E-state index in [0.29, 0.717) is 35.6 Å². The number of aromatic nitrogens is 2. The maximum atomic E-state index is 10.8. The van der Waals surface area contributed by atoms with Crippen molar-refractivity contribution in [2.24, 2.45) is 0 Å². The molecule has 0 unspecified atom stereocenters. The van der Waals surface area contributed by atoms with Crippen molar-refractivity contribution in [1.29, 1.82) is 0 Å². The molecule has 9 heteroatoms. The van der Waals surface area contributed by atoms with Gasteiger partial charge >= 0.3 is 0 Å². The number of nitro benzene ring substituents is 1. The lowest BCUT2D eigenvalue weighted by molar-refractivity contribution is -0.384. The number of methoxy groups -OCH3 is 3. The van der Waals surface area contributed by atoms with Crippen LogP contribution in [0.4, 0.5) is 11.6 Å². The van der Waals surface area contributed by atoms with Crippen LogP contribution >= 0.6 is 0 Å². The van der Waals surface area contributed by atoms with Gasteiger partial charge in [-0.25, -0.2) is 9.97 Å². The number of ether oxygens (including phenoxy) is 3. The zero-order valence-electron chi connectivity index (χ0n) is 15.8. The van der Waals surface area contributed by atoms with Crippen LogP contribution in [0.3, 0.4) is 0 Å². The van der Waals surface area contributed by atoms with Crippen molar-refractivity contribution in [2.75, 3.05) is 27.1 Å². The Balaban J connectivity index is 2.01. The Morgan fingerprint density at radius 3 is 2.25 bits per heavy atom. The number of nitrogens with zero attached hydrogens (tertiary/aromatic N) is 3. The van der Waals surface area contributed by atoms with E-state index in [9.17, 15) is 10.1 Å². The molecular formula is C19H20N4O5. The quantitative estimate of drug-likeness (QED) is 0.487. The number of fused-ring (bicyclic) bond motifs is 1. The summed E-state index contributed by atoms with van der Waals surface area (Å²) in [4.78, 5) is 19.1. The van der Waals surface area contributed by atoms with Gasteiger partial charge in [-0.1, -0.05) is 12.1 Å². The number of benzene rings is 2. The van der Waals surface area contributed by atoms with Crippen LogP contribution in [0.15, 0.2) is 30.3 Å². The van der Waals surface area contributed by atoms with Crippen molar-refractivity contribution in [2.45, 2.75) is 12.8 Å². The van der Waals surface area contributed by atoms with Gasteiger partial charge in [0, 0.05) is 17.5 Å². The van der Waals surface area contributed by atoms with Crippen LogP contribution in [0.2, 0.25) is 0 Å². The second-order valence-electron chi connectivity index (χ2n) is 5.99. The molecule has 146 valence electrons. The van der Waals surface area contributed by atoms with Crippen LogP contribution in [0.5, 0.6) is 17.2 Å². The predicted molar refractivity (Wildman–Crippen MR) is 104 cm³/mol. The summed E-state index contributed by atoms with van der Waals surface area (Å²) in [6.45, 7) is 0. The summed E-state index contributed by atoms with van der Waals surface area (Å²) in [5.74, 6) is 1.47. The largest absolute Gasteiger partial charge is 0.493 e. The average molecular weight is 384 g/mol. The van der Waals surface area contributed by atoms with Gasteiger partial charge < -0.3 is 19.9 Å². The smallest absolute Gasteiger partial charge is 0.269 e. The summed E-state index contributed by atoms with van der Waals surface area (Å²) in [5.41, 5.74) is 8.17. The van der Waals surface area contributed by atoms with Crippen LogP contribution in [-0.4, -0.2) is 36.2 Å². The molecule has 0 spiro atoms. The Morgan fingerprint density at radius 1 is 1.00 bits per heavy atom. The fourth-order valence-corrected chi connectivity index (χ4v) is 3.05. The third kappa shape index (κ3) is 3.59. The molecule has 3 rings (SSSR count). The molecule has 0 saturated carbocycles. The van der Waals surface area contributed by atoms with E-state index in [1.807, 2.05) is 0 Å². The Hall–Kier alpha value is -3.62. The fraction of sp³-hybridized carbons (Fsp3) is 0.263. The van der Waals surface area contributed by atoms with Crippen molar-refractivity contribution in [3.8, 4) is 17.2 Å². The number of non-ortho nitro benzene ring substituents is 1. The standard InChI is InChI=1S/C19H20N4O5/c1-26-15-10-13-14(9-6-11-4-7-12(8-5-11)23(24)25)21-19(20)22-16(13)18(28-3)17(15)27-2/h4-5,7-8,10H,6,9H2,1-3H3,(H2,20,21,22). The van der Waals surface area contributed by atoms with Gasteiger partial charge in [-0.2, -0.15) is 0 Å². The van der Waals surface area contributed by atoms with Gasteiger partial charge in [0.1, 0.15) is 5.52 Å². The molecule has 28 heavy (non-hydrogen) atoms. The monoisotopic (exact) mass is 384 g/mol. The first kappa shape index (κ1) is 19.2. The van der Waals surface area contributed by atoms with Crippen molar-refractivity contribution in [1.82, 2.24) is 9.97 Å². The highest BCUT2D eigenvalue weighted by Crippen LogP contribution is 2.43. The highest BCUT2D eigenvalue weighted by atomic mass is 16.6. The van der Waals surface area contributed by atoms with Gasteiger partial charge in [0.2, 0.25) is 11.7 Å². The lowest BCUT2D eigenvalue weighted by Crippen LogP contribution is -2.05. The van der Waals surface area contributed by atoms with E-state index in [2.05, 4.69) is 9.97 Å². The number of nitro groups is 1. The van der Waals surface area contributed by atoms with Gasteiger partial charge in [-0.05, 0) is 24.5 Å². The summed E-state index contributed by atoms with van der Waals surface area (Å²) in [5, 5.41) is 11.5. The van der Waals surface area contributed by atoms with Gasteiger partial charge in [0.25, 0.3) is 5.69 Å². The minimum atomic E-state index is -0.422. The van der Waals surface area contributed by atoms with Gasteiger partial charge in [-0.3, -0.25) is 10.1 Å². The molecule has 0 amide bonds. The molecule has 0 saturated heterocycles. The Bertz CT molecular complexity index is 1020. The molecule has 0 aliphatic heterocycles. The molecular weight excluding hydrogens is 364 g/mol. The normalized spacial score (nSPS) is 10.7. The van der Waals surface area contributed by atoms with Crippen molar-refractivity contribution in [3.63, 3.8) is 0 Å². The molecule has 3 aromatic rings. The van der Waals surface area contributed by atoms with E-state index < -0.39 is 4.92 Å². The molecule has 9 nitrogen and oxygen atoms in total. The van der Waals surface area contributed by atoms with Gasteiger partial charge in [-0.15, -0.1) is 0 Å². The lowest BCUT2D eigenvalue weighted by atomic mass is 10.0. The molecule has 0 bridgehead atoms. The summed E-state index contributed by atoms with van der Waals surface area (Å²) in [6.07, 6.45) is 1.18. The lowest BCUT2D eigenvalue weighted by Gasteiger charge is -2.16. The number of aryl methyl sites for hydroxylation is 2. The summed E-state index contributed by atoms with van der Waals surface area (Å²) in [7, 11) is 4.58. The number of nitrogens with two attached hydrogens (primary N) is 1. The molecule has 0 radical (unpaired) electrons. The number of rotatable bonds is 7. The number of hydrogen-bond acceptors (Lipinski definition) is 8. The zero-order valence-corrected chi connectivity index (χ0v) is 15.8. The maximum absolute atomic E-state index is 10.8. The summed E-state index contributed by atoms with van der Waals surface area (Å²) >= 11 is 0. The minimum Gasteiger partial charge on any atom is -0.493 e. The molecule has 0 atom stereocenters. The topological polar surface area (TPSA) is 123 Å². The van der Waals surface area contributed by atoms with E-state index in [1.165, 1.54) is 33.5 Å². The predicted octanol–water partition coefficient (Wildman–Crippen LogP) is 2.93. The van der Waals surface area contributed by atoms with Crippen LogP contribution in [0, 0.1) is 10.1 Å². The molecule has 2 aromatic carbocycles.